The number of carbonyl (C=O) groups excluding carboxylic acids is 1. The lowest BCUT2D eigenvalue weighted by Gasteiger charge is -2.05. The molecular formula is C19H16N4O4S2. The summed E-state index contributed by atoms with van der Waals surface area (Å²) in [6, 6.07) is 15.6. The van der Waals surface area contributed by atoms with Crippen LogP contribution in [0.5, 0.6) is 5.75 Å². The zero-order valence-electron chi connectivity index (χ0n) is 15.5. The van der Waals surface area contributed by atoms with Crippen LogP contribution in [-0.4, -0.2) is 36.0 Å². The number of nitrogens with one attached hydrogen (secondary N) is 1. The number of imidazole rings is 1. The first-order chi connectivity index (χ1) is 13.9. The van der Waals surface area contributed by atoms with E-state index in [2.05, 4.69) is 10.1 Å². The molecule has 0 aliphatic rings. The maximum atomic E-state index is 12.0. The number of fused-ring (bicyclic) bond motifs is 1. The van der Waals surface area contributed by atoms with Crippen LogP contribution in [0.25, 0.3) is 27.3 Å². The second kappa shape index (κ2) is 7.30. The van der Waals surface area contributed by atoms with Gasteiger partial charge in [0, 0.05) is 12.5 Å². The molecule has 0 unspecified atom stereocenters. The van der Waals surface area contributed by atoms with Gasteiger partial charge < -0.3 is 4.74 Å². The Bertz CT molecular complexity index is 1280. The second-order valence-electron chi connectivity index (χ2n) is 6.19. The van der Waals surface area contributed by atoms with Crippen molar-refractivity contribution in [3.63, 3.8) is 0 Å². The van der Waals surface area contributed by atoms with E-state index in [9.17, 15) is 13.2 Å². The van der Waals surface area contributed by atoms with Gasteiger partial charge in [-0.05, 0) is 23.3 Å². The van der Waals surface area contributed by atoms with Gasteiger partial charge in [0.15, 0.2) is 0 Å². The Balaban J connectivity index is 1.62. The molecule has 0 bridgehead atoms. The highest BCUT2D eigenvalue weighted by molar-refractivity contribution is 7.92. The lowest BCUT2D eigenvalue weighted by atomic mass is 10.0. The summed E-state index contributed by atoms with van der Waals surface area (Å²) in [4.78, 5) is 15.9. The summed E-state index contributed by atoms with van der Waals surface area (Å²) in [6.07, 6.45) is 1.65. The van der Waals surface area contributed by atoms with Crippen molar-refractivity contribution < 1.29 is 17.9 Å². The first kappa shape index (κ1) is 19.1. The molecule has 1 N–H and O–H groups in total. The molecule has 0 saturated heterocycles. The SMILES string of the molecule is COc1cccc(-c2ccc(-c3cn4nc(S(=O)(=O)NC(C)=O)sc4n3)cc2)c1. The maximum absolute atomic E-state index is 12.0. The zero-order chi connectivity index (χ0) is 20.6. The van der Waals surface area contributed by atoms with Crippen molar-refractivity contribution in [1.82, 2.24) is 19.3 Å². The lowest BCUT2D eigenvalue weighted by Crippen LogP contribution is -2.28. The molecule has 0 saturated carbocycles. The van der Waals surface area contributed by atoms with E-state index in [0.29, 0.717) is 10.7 Å². The minimum absolute atomic E-state index is 0.213. The average Bonchev–Trinajstić information content (AvgIpc) is 3.27. The summed E-state index contributed by atoms with van der Waals surface area (Å²) in [5, 5.41) is 4.02. The number of nitrogens with zero attached hydrogens (tertiary/aromatic N) is 3. The molecule has 4 aromatic rings. The van der Waals surface area contributed by atoms with E-state index in [-0.39, 0.29) is 4.34 Å². The van der Waals surface area contributed by atoms with Gasteiger partial charge >= 0.3 is 0 Å². The van der Waals surface area contributed by atoms with Crippen LogP contribution in [0, 0.1) is 0 Å². The van der Waals surface area contributed by atoms with E-state index in [4.69, 9.17) is 4.74 Å². The Morgan fingerprint density at radius 3 is 2.48 bits per heavy atom. The van der Waals surface area contributed by atoms with E-state index >= 15 is 0 Å². The largest absolute Gasteiger partial charge is 0.497 e. The second-order valence-corrected chi connectivity index (χ2v) is 9.00. The van der Waals surface area contributed by atoms with Crippen molar-refractivity contribution in [2.45, 2.75) is 11.3 Å². The normalized spacial score (nSPS) is 11.5. The number of methoxy groups -OCH3 is 1. The Hall–Kier alpha value is -3.24. The molecule has 29 heavy (non-hydrogen) atoms. The number of amides is 1. The first-order valence-electron chi connectivity index (χ1n) is 8.50. The van der Waals surface area contributed by atoms with Crippen molar-refractivity contribution >= 4 is 32.2 Å². The summed E-state index contributed by atoms with van der Waals surface area (Å²) in [6.45, 7) is 1.13. The molecule has 2 aromatic carbocycles. The Labute approximate surface area is 170 Å². The van der Waals surface area contributed by atoms with Gasteiger partial charge in [-0.25, -0.2) is 14.2 Å². The summed E-state index contributed by atoms with van der Waals surface area (Å²) < 4.78 is 32.4. The number of aromatic nitrogens is 3. The third-order valence-electron chi connectivity index (χ3n) is 4.12. The van der Waals surface area contributed by atoms with Crippen LogP contribution < -0.4 is 9.46 Å². The molecule has 0 aliphatic heterocycles. The Morgan fingerprint density at radius 2 is 1.83 bits per heavy atom. The first-order valence-corrected chi connectivity index (χ1v) is 10.8. The predicted octanol–water partition coefficient (Wildman–Crippen LogP) is 2.96. The lowest BCUT2D eigenvalue weighted by molar-refractivity contribution is -0.117. The third kappa shape index (κ3) is 3.84. The molecule has 0 atom stereocenters. The van der Waals surface area contributed by atoms with Gasteiger partial charge in [0.25, 0.3) is 14.4 Å². The van der Waals surface area contributed by atoms with Crippen molar-refractivity contribution in [1.29, 1.82) is 0 Å². The molecule has 1 amide bonds. The standard InChI is InChI=1S/C19H16N4O4S2/c1-12(24)22-29(25,26)19-21-23-11-17(20-18(23)28-19)14-8-6-13(7-9-14)15-4-3-5-16(10-15)27-2/h3-11H,1-2H3,(H,22,24). The van der Waals surface area contributed by atoms with Crippen LogP contribution >= 0.6 is 11.3 Å². The summed E-state index contributed by atoms with van der Waals surface area (Å²) in [5.74, 6) is 0.117. The van der Waals surface area contributed by atoms with Crippen LogP contribution in [0.3, 0.4) is 0 Å². The fraction of sp³-hybridized carbons (Fsp3) is 0.105. The topological polar surface area (TPSA) is 103 Å². The zero-order valence-corrected chi connectivity index (χ0v) is 17.1. The van der Waals surface area contributed by atoms with Crippen molar-refractivity contribution in [2.24, 2.45) is 0 Å². The Kier molecular flexibility index (Phi) is 4.81. The van der Waals surface area contributed by atoms with Gasteiger partial charge in [-0.2, -0.15) is 8.42 Å². The van der Waals surface area contributed by atoms with Gasteiger partial charge in [-0.3, -0.25) is 4.79 Å². The predicted molar refractivity (Wildman–Crippen MR) is 109 cm³/mol. The monoisotopic (exact) mass is 428 g/mol. The van der Waals surface area contributed by atoms with Crippen LogP contribution in [0.4, 0.5) is 0 Å². The van der Waals surface area contributed by atoms with E-state index in [1.54, 1.807) is 13.3 Å². The molecule has 2 heterocycles. The highest BCUT2D eigenvalue weighted by Crippen LogP contribution is 2.28. The van der Waals surface area contributed by atoms with Gasteiger partial charge in [0.2, 0.25) is 10.9 Å². The number of rotatable bonds is 5. The maximum Gasteiger partial charge on any atom is 0.293 e. The molecule has 2 aromatic heterocycles. The molecule has 0 aliphatic carbocycles. The number of ether oxygens (including phenoxy) is 1. The van der Waals surface area contributed by atoms with Gasteiger partial charge in [0.1, 0.15) is 5.75 Å². The van der Waals surface area contributed by atoms with Crippen molar-refractivity contribution in [3.8, 4) is 28.1 Å². The summed E-state index contributed by atoms with van der Waals surface area (Å²) >= 11 is 0.890. The summed E-state index contributed by atoms with van der Waals surface area (Å²) in [5.41, 5.74) is 3.62. The molecule has 4 rings (SSSR count). The van der Waals surface area contributed by atoms with Crippen LogP contribution in [0.2, 0.25) is 0 Å². The van der Waals surface area contributed by atoms with E-state index in [1.165, 1.54) is 4.52 Å². The molecule has 10 heteroatoms. The van der Waals surface area contributed by atoms with Crippen molar-refractivity contribution in [3.05, 3.63) is 54.7 Å². The molecular weight excluding hydrogens is 412 g/mol. The fourth-order valence-corrected chi connectivity index (χ4v) is 4.86. The molecule has 8 nitrogen and oxygen atoms in total. The van der Waals surface area contributed by atoms with Gasteiger partial charge in [-0.1, -0.05) is 47.7 Å². The minimum atomic E-state index is -3.97. The number of sulfonamides is 1. The van der Waals surface area contributed by atoms with Crippen molar-refractivity contribution in [2.75, 3.05) is 7.11 Å². The van der Waals surface area contributed by atoms with Gasteiger partial charge in [-0.15, -0.1) is 5.10 Å². The molecule has 0 radical (unpaired) electrons. The summed E-state index contributed by atoms with van der Waals surface area (Å²) in [7, 11) is -2.34. The molecule has 148 valence electrons. The number of hydrogen-bond donors (Lipinski definition) is 1. The van der Waals surface area contributed by atoms with Crippen LogP contribution in [-0.2, 0) is 14.8 Å². The van der Waals surface area contributed by atoms with E-state index in [0.717, 1.165) is 40.7 Å². The molecule has 0 fully saturated rings. The third-order valence-corrected chi connectivity index (χ3v) is 6.84. The number of benzene rings is 2. The number of carbonyl (C=O) groups is 1. The minimum Gasteiger partial charge on any atom is -0.497 e. The quantitative estimate of drug-likeness (QED) is 0.524. The van der Waals surface area contributed by atoms with Crippen LogP contribution in [0.1, 0.15) is 6.92 Å². The fourth-order valence-electron chi connectivity index (χ4n) is 2.80. The Morgan fingerprint density at radius 1 is 1.10 bits per heavy atom. The highest BCUT2D eigenvalue weighted by Gasteiger charge is 2.22. The van der Waals surface area contributed by atoms with E-state index < -0.39 is 15.9 Å². The number of hydrogen-bond acceptors (Lipinski definition) is 7. The highest BCUT2D eigenvalue weighted by atomic mass is 32.2. The smallest absolute Gasteiger partial charge is 0.293 e. The molecule has 0 spiro atoms. The average molecular weight is 428 g/mol. The van der Waals surface area contributed by atoms with E-state index in [1.807, 2.05) is 53.3 Å². The van der Waals surface area contributed by atoms with Crippen LogP contribution in [0.15, 0.2) is 59.1 Å². The van der Waals surface area contributed by atoms with Gasteiger partial charge in [0.05, 0.1) is 19.0 Å².